The fourth-order valence-corrected chi connectivity index (χ4v) is 2.94. The smallest absolute Gasteiger partial charge is 0.227 e. The molecule has 16 heavy (non-hydrogen) atoms. The monoisotopic (exact) mass is 220 g/mol. The standard InChI is InChI=1S/C12H16N2O2/c1-11(2)6-12(3,10(13)16)9-7(11)4-14-8(9)5-15/h4-5,14H,6H2,1-3H3,(H2,13,16). The lowest BCUT2D eigenvalue weighted by molar-refractivity contribution is -0.123. The number of nitrogens with two attached hydrogens (primary N) is 1. The molecular formula is C12H16N2O2. The molecule has 0 aliphatic heterocycles. The third-order valence-electron chi connectivity index (χ3n) is 3.65. The van der Waals surface area contributed by atoms with Crippen molar-refractivity contribution in [2.45, 2.75) is 38.0 Å². The van der Waals surface area contributed by atoms with Crippen LogP contribution in [-0.2, 0) is 15.6 Å². The van der Waals surface area contributed by atoms with E-state index in [1.165, 1.54) is 0 Å². The lowest BCUT2D eigenvalue weighted by Gasteiger charge is -2.24. The van der Waals surface area contributed by atoms with Crippen LogP contribution in [0.4, 0.5) is 0 Å². The summed E-state index contributed by atoms with van der Waals surface area (Å²) in [6, 6.07) is 0. The first-order valence-electron chi connectivity index (χ1n) is 5.30. The summed E-state index contributed by atoms with van der Waals surface area (Å²) in [6.07, 6.45) is 3.21. The number of primary amides is 1. The van der Waals surface area contributed by atoms with Crippen molar-refractivity contribution < 1.29 is 9.59 Å². The molecule has 4 heteroatoms. The van der Waals surface area contributed by atoms with Gasteiger partial charge in [-0.3, -0.25) is 9.59 Å². The van der Waals surface area contributed by atoms with E-state index in [0.717, 1.165) is 17.4 Å². The Morgan fingerprint density at radius 3 is 2.62 bits per heavy atom. The van der Waals surface area contributed by atoms with Crippen LogP contribution in [0.15, 0.2) is 6.20 Å². The topological polar surface area (TPSA) is 76.0 Å². The van der Waals surface area contributed by atoms with Crippen LogP contribution < -0.4 is 5.73 Å². The molecule has 1 aliphatic carbocycles. The minimum atomic E-state index is -0.741. The summed E-state index contributed by atoms with van der Waals surface area (Å²) >= 11 is 0. The molecule has 1 aliphatic rings. The fourth-order valence-electron chi connectivity index (χ4n) is 2.94. The van der Waals surface area contributed by atoms with Crippen LogP contribution in [0.3, 0.4) is 0 Å². The number of rotatable bonds is 2. The Morgan fingerprint density at radius 2 is 2.12 bits per heavy atom. The van der Waals surface area contributed by atoms with Gasteiger partial charge in [0.25, 0.3) is 0 Å². The first-order valence-corrected chi connectivity index (χ1v) is 5.30. The Balaban J connectivity index is 2.72. The first kappa shape index (κ1) is 10.9. The number of fused-ring (bicyclic) bond motifs is 1. The number of aldehydes is 1. The van der Waals surface area contributed by atoms with Gasteiger partial charge in [-0.15, -0.1) is 0 Å². The molecule has 1 aromatic rings. The summed E-state index contributed by atoms with van der Waals surface area (Å²) in [7, 11) is 0. The van der Waals surface area contributed by atoms with Crippen LogP contribution in [0.1, 0.15) is 48.8 Å². The fraction of sp³-hybridized carbons (Fsp3) is 0.500. The van der Waals surface area contributed by atoms with Gasteiger partial charge >= 0.3 is 0 Å². The van der Waals surface area contributed by atoms with Crippen LogP contribution in [0.2, 0.25) is 0 Å². The summed E-state index contributed by atoms with van der Waals surface area (Å²) in [5, 5.41) is 0. The molecule has 1 aromatic heterocycles. The first-order chi connectivity index (χ1) is 7.33. The molecule has 0 radical (unpaired) electrons. The molecule has 0 saturated carbocycles. The van der Waals surface area contributed by atoms with Crippen LogP contribution in [0, 0.1) is 0 Å². The highest BCUT2D eigenvalue weighted by Crippen LogP contribution is 2.50. The SMILES string of the molecule is CC1(C)CC(C)(C(N)=O)c2c1c[nH]c2C=O. The van der Waals surface area contributed by atoms with E-state index in [9.17, 15) is 9.59 Å². The van der Waals surface area contributed by atoms with Crippen molar-refractivity contribution in [1.29, 1.82) is 0 Å². The van der Waals surface area contributed by atoms with Gasteiger partial charge in [-0.2, -0.15) is 0 Å². The number of H-pyrrole nitrogens is 1. The Labute approximate surface area is 94.2 Å². The zero-order valence-corrected chi connectivity index (χ0v) is 9.76. The lowest BCUT2D eigenvalue weighted by Crippen LogP contribution is -2.38. The number of hydrogen-bond acceptors (Lipinski definition) is 2. The zero-order valence-electron chi connectivity index (χ0n) is 9.76. The zero-order chi connectivity index (χ0) is 12.1. The summed E-state index contributed by atoms with van der Waals surface area (Å²) < 4.78 is 0. The van der Waals surface area contributed by atoms with Crippen molar-refractivity contribution >= 4 is 12.2 Å². The molecule has 0 fully saturated rings. The Kier molecular flexibility index (Phi) is 2.02. The largest absolute Gasteiger partial charge is 0.369 e. The minimum Gasteiger partial charge on any atom is -0.369 e. The maximum atomic E-state index is 11.6. The van der Waals surface area contributed by atoms with Gasteiger partial charge in [0.05, 0.1) is 11.1 Å². The maximum Gasteiger partial charge on any atom is 0.227 e. The molecule has 4 nitrogen and oxygen atoms in total. The van der Waals surface area contributed by atoms with Gasteiger partial charge in [0.2, 0.25) is 5.91 Å². The van der Waals surface area contributed by atoms with Gasteiger partial charge in [-0.25, -0.2) is 0 Å². The number of aromatic nitrogens is 1. The van der Waals surface area contributed by atoms with E-state index in [-0.39, 0.29) is 11.3 Å². The van der Waals surface area contributed by atoms with E-state index in [0.29, 0.717) is 12.1 Å². The molecule has 1 heterocycles. The molecule has 3 N–H and O–H groups in total. The molecule has 0 spiro atoms. The molecule has 0 saturated heterocycles. The Hall–Kier alpha value is -1.58. The van der Waals surface area contributed by atoms with E-state index in [4.69, 9.17) is 5.73 Å². The normalized spacial score (nSPS) is 26.4. The van der Waals surface area contributed by atoms with E-state index in [1.54, 1.807) is 0 Å². The number of amides is 1. The predicted molar refractivity (Wildman–Crippen MR) is 60.4 cm³/mol. The molecule has 1 unspecified atom stereocenters. The van der Waals surface area contributed by atoms with Crippen molar-refractivity contribution in [3.8, 4) is 0 Å². The van der Waals surface area contributed by atoms with Crippen LogP contribution in [0.5, 0.6) is 0 Å². The number of aromatic amines is 1. The second-order valence-electron chi connectivity index (χ2n) is 5.37. The van der Waals surface area contributed by atoms with Crippen LogP contribution >= 0.6 is 0 Å². The highest BCUT2D eigenvalue weighted by molar-refractivity contribution is 5.92. The van der Waals surface area contributed by atoms with Crippen molar-refractivity contribution in [1.82, 2.24) is 4.98 Å². The molecular weight excluding hydrogens is 204 g/mol. The Morgan fingerprint density at radius 1 is 1.50 bits per heavy atom. The number of nitrogens with one attached hydrogen (secondary N) is 1. The third kappa shape index (κ3) is 1.16. The molecule has 1 amide bonds. The summed E-state index contributed by atoms with van der Waals surface area (Å²) in [4.78, 5) is 25.5. The van der Waals surface area contributed by atoms with Gasteiger partial charge < -0.3 is 10.7 Å². The number of carbonyl (C=O) groups excluding carboxylic acids is 2. The van der Waals surface area contributed by atoms with Crippen molar-refractivity contribution in [3.63, 3.8) is 0 Å². The highest BCUT2D eigenvalue weighted by atomic mass is 16.1. The van der Waals surface area contributed by atoms with Crippen molar-refractivity contribution in [2.24, 2.45) is 5.73 Å². The van der Waals surface area contributed by atoms with E-state index in [2.05, 4.69) is 18.8 Å². The minimum absolute atomic E-state index is 0.128. The van der Waals surface area contributed by atoms with Gasteiger partial charge in [-0.05, 0) is 29.9 Å². The molecule has 2 rings (SSSR count). The number of carbonyl (C=O) groups is 2. The average Bonchev–Trinajstić information content (AvgIpc) is 2.67. The van der Waals surface area contributed by atoms with Gasteiger partial charge in [0.1, 0.15) is 0 Å². The van der Waals surface area contributed by atoms with Crippen molar-refractivity contribution in [2.75, 3.05) is 0 Å². The van der Waals surface area contributed by atoms with E-state index < -0.39 is 5.41 Å². The molecule has 0 aromatic carbocycles. The van der Waals surface area contributed by atoms with E-state index in [1.807, 2.05) is 13.1 Å². The van der Waals surface area contributed by atoms with Crippen LogP contribution in [-0.4, -0.2) is 17.2 Å². The van der Waals surface area contributed by atoms with Gasteiger partial charge in [0.15, 0.2) is 6.29 Å². The molecule has 0 bridgehead atoms. The third-order valence-corrected chi connectivity index (χ3v) is 3.65. The predicted octanol–water partition coefficient (Wildman–Crippen LogP) is 1.25. The van der Waals surface area contributed by atoms with Crippen LogP contribution in [0.25, 0.3) is 0 Å². The van der Waals surface area contributed by atoms with E-state index >= 15 is 0 Å². The maximum absolute atomic E-state index is 11.6. The highest BCUT2D eigenvalue weighted by Gasteiger charge is 2.50. The van der Waals surface area contributed by atoms with Gasteiger partial charge in [0, 0.05) is 6.20 Å². The number of hydrogen-bond donors (Lipinski definition) is 2. The molecule has 1 atom stereocenters. The second-order valence-corrected chi connectivity index (χ2v) is 5.37. The van der Waals surface area contributed by atoms with Gasteiger partial charge in [-0.1, -0.05) is 13.8 Å². The lowest BCUT2D eigenvalue weighted by atomic mass is 9.79. The summed E-state index contributed by atoms with van der Waals surface area (Å²) in [5.41, 5.74) is 6.89. The summed E-state index contributed by atoms with van der Waals surface area (Å²) in [5.74, 6) is -0.373. The average molecular weight is 220 g/mol. The summed E-state index contributed by atoms with van der Waals surface area (Å²) in [6.45, 7) is 5.93. The second kappa shape index (κ2) is 2.97. The quantitative estimate of drug-likeness (QED) is 0.736. The Bertz CT molecular complexity index is 473. The molecule has 86 valence electrons. The van der Waals surface area contributed by atoms with Crippen molar-refractivity contribution in [3.05, 3.63) is 23.0 Å².